The molecule has 5 rings (SSSR count). The zero-order valence-corrected chi connectivity index (χ0v) is 20.5. The van der Waals surface area contributed by atoms with E-state index in [1.807, 2.05) is 12.1 Å². The van der Waals surface area contributed by atoms with Crippen LogP contribution in [0.25, 0.3) is 11.4 Å². The van der Waals surface area contributed by atoms with E-state index in [2.05, 4.69) is 10.1 Å². The van der Waals surface area contributed by atoms with Crippen molar-refractivity contribution < 1.29 is 22.5 Å². The third-order valence-corrected chi connectivity index (χ3v) is 8.45. The highest BCUT2D eigenvalue weighted by molar-refractivity contribution is 7.89. The Labute approximate surface area is 204 Å². The van der Waals surface area contributed by atoms with Gasteiger partial charge in [0.2, 0.25) is 21.7 Å². The van der Waals surface area contributed by atoms with E-state index in [4.69, 9.17) is 9.26 Å². The first-order valence-corrected chi connectivity index (χ1v) is 13.3. The molecule has 10 heteroatoms. The van der Waals surface area contributed by atoms with Crippen molar-refractivity contribution in [2.24, 2.45) is 0 Å². The first kappa shape index (κ1) is 23.5. The lowest BCUT2D eigenvalue weighted by Crippen LogP contribution is -2.51. The minimum Gasteiger partial charge on any atom is -0.484 e. The summed E-state index contributed by atoms with van der Waals surface area (Å²) in [6.07, 6.45) is 4.20. The molecule has 0 N–H and O–H groups in total. The van der Waals surface area contributed by atoms with Crippen molar-refractivity contribution in [2.75, 3.05) is 32.8 Å². The molecule has 2 heterocycles. The number of amides is 1. The second-order valence-corrected chi connectivity index (χ2v) is 10.8. The van der Waals surface area contributed by atoms with E-state index in [0.29, 0.717) is 35.4 Å². The Hall–Kier alpha value is -3.24. The summed E-state index contributed by atoms with van der Waals surface area (Å²) in [5.41, 5.74) is 3.19. The average molecular weight is 497 g/mol. The molecule has 0 unspecified atom stereocenters. The zero-order valence-electron chi connectivity index (χ0n) is 19.6. The molecule has 1 fully saturated rings. The third-order valence-electron chi connectivity index (χ3n) is 6.55. The quantitative estimate of drug-likeness (QED) is 0.517. The Morgan fingerprint density at radius 3 is 2.40 bits per heavy atom. The van der Waals surface area contributed by atoms with Crippen LogP contribution in [0.3, 0.4) is 0 Å². The van der Waals surface area contributed by atoms with E-state index in [0.717, 1.165) is 36.8 Å². The molecule has 0 saturated carbocycles. The fourth-order valence-corrected chi connectivity index (χ4v) is 6.02. The topological polar surface area (TPSA) is 106 Å². The van der Waals surface area contributed by atoms with Crippen LogP contribution in [0.2, 0.25) is 0 Å². The Balaban J connectivity index is 1.14. The Morgan fingerprint density at radius 2 is 1.71 bits per heavy atom. The van der Waals surface area contributed by atoms with Gasteiger partial charge >= 0.3 is 0 Å². The van der Waals surface area contributed by atoms with Gasteiger partial charge in [0, 0.05) is 38.7 Å². The fraction of sp³-hybridized carbons (Fsp3) is 0.400. The molecule has 1 aliphatic carbocycles. The van der Waals surface area contributed by atoms with Crippen molar-refractivity contribution in [3.63, 3.8) is 0 Å². The van der Waals surface area contributed by atoms with Crippen molar-refractivity contribution in [3.05, 3.63) is 59.5 Å². The van der Waals surface area contributed by atoms with Crippen molar-refractivity contribution in [2.45, 2.75) is 37.5 Å². The number of benzene rings is 2. The van der Waals surface area contributed by atoms with Gasteiger partial charge in [-0.1, -0.05) is 11.2 Å². The van der Waals surface area contributed by atoms with Crippen LogP contribution < -0.4 is 4.74 Å². The molecular weight excluding hydrogens is 468 g/mol. The van der Waals surface area contributed by atoms with Crippen LogP contribution >= 0.6 is 0 Å². The van der Waals surface area contributed by atoms with Gasteiger partial charge in [-0.05, 0) is 73.2 Å². The molecule has 0 atom stereocenters. The van der Waals surface area contributed by atoms with Crippen LogP contribution in [0.1, 0.15) is 29.9 Å². The summed E-state index contributed by atoms with van der Waals surface area (Å²) in [5.74, 6) is 1.36. The highest BCUT2D eigenvalue weighted by atomic mass is 32.2. The van der Waals surface area contributed by atoms with Gasteiger partial charge in [-0.15, -0.1) is 0 Å². The standard InChI is InChI=1S/C25H28N4O5S/c1-18-26-25(27-34-18)20-6-9-22(10-7-20)33-17-24(30)28-12-14-29(15-13-28)35(31,32)23-11-8-19-4-2-3-5-21(19)16-23/h6-11,16H,2-5,12-15,17H2,1H3. The predicted octanol–water partition coefficient (Wildman–Crippen LogP) is 2.84. The highest BCUT2D eigenvalue weighted by Gasteiger charge is 2.30. The maximum absolute atomic E-state index is 13.2. The molecule has 184 valence electrons. The van der Waals surface area contributed by atoms with Crippen LogP contribution in [-0.4, -0.2) is 66.5 Å². The van der Waals surface area contributed by atoms with Crippen molar-refractivity contribution in [3.8, 4) is 17.1 Å². The number of aromatic nitrogens is 2. The molecule has 0 spiro atoms. The Bertz CT molecular complexity index is 1310. The van der Waals surface area contributed by atoms with Gasteiger partial charge in [0.15, 0.2) is 6.61 Å². The number of hydrogen-bond acceptors (Lipinski definition) is 7. The summed E-state index contributed by atoms with van der Waals surface area (Å²) in [5, 5.41) is 3.88. The normalized spacial score (nSPS) is 16.7. The number of hydrogen-bond donors (Lipinski definition) is 0. The van der Waals surface area contributed by atoms with Crippen molar-refractivity contribution in [1.29, 1.82) is 0 Å². The van der Waals surface area contributed by atoms with Gasteiger partial charge in [-0.25, -0.2) is 8.42 Å². The average Bonchev–Trinajstić information content (AvgIpc) is 3.33. The summed E-state index contributed by atoms with van der Waals surface area (Å²) in [4.78, 5) is 18.8. The number of aryl methyl sites for hydroxylation is 3. The predicted molar refractivity (Wildman–Crippen MR) is 128 cm³/mol. The lowest BCUT2D eigenvalue weighted by molar-refractivity contribution is -0.134. The maximum Gasteiger partial charge on any atom is 0.260 e. The van der Waals surface area contributed by atoms with Gasteiger partial charge in [-0.2, -0.15) is 9.29 Å². The number of rotatable bonds is 6. The molecule has 0 radical (unpaired) electrons. The SMILES string of the molecule is Cc1nc(-c2ccc(OCC(=O)N3CCN(S(=O)(=O)c4ccc5c(c4)CCCC5)CC3)cc2)no1. The van der Waals surface area contributed by atoms with Crippen LogP contribution in [0, 0.1) is 6.92 Å². The largest absolute Gasteiger partial charge is 0.484 e. The van der Waals surface area contributed by atoms with E-state index >= 15 is 0 Å². The fourth-order valence-electron chi connectivity index (χ4n) is 4.55. The molecule has 35 heavy (non-hydrogen) atoms. The molecule has 9 nitrogen and oxygen atoms in total. The van der Waals surface area contributed by atoms with E-state index in [1.54, 1.807) is 42.2 Å². The van der Waals surface area contributed by atoms with E-state index in [-0.39, 0.29) is 25.6 Å². The molecule has 1 saturated heterocycles. The van der Waals surface area contributed by atoms with E-state index < -0.39 is 10.0 Å². The summed E-state index contributed by atoms with van der Waals surface area (Å²) in [6, 6.07) is 12.6. The van der Waals surface area contributed by atoms with Crippen molar-refractivity contribution in [1.82, 2.24) is 19.3 Å². The Morgan fingerprint density at radius 1 is 1.00 bits per heavy atom. The molecule has 1 aromatic heterocycles. The lowest BCUT2D eigenvalue weighted by atomic mass is 9.92. The minimum absolute atomic E-state index is 0.113. The van der Waals surface area contributed by atoms with E-state index in [9.17, 15) is 13.2 Å². The number of sulfonamides is 1. The molecule has 0 bridgehead atoms. The maximum atomic E-state index is 13.2. The summed E-state index contributed by atoms with van der Waals surface area (Å²) >= 11 is 0. The van der Waals surface area contributed by atoms with Crippen molar-refractivity contribution >= 4 is 15.9 Å². The smallest absolute Gasteiger partial charge is 0.260 e. The van der Waals surface area contributed by atoms with Crippen LogP contribution in [0.15, 0.2) is 51.9 Å². The number of carbonyl (C=O) groups excluding carboxylic acids is 1. The number of nitrogens with zero attached hydrogens (tertiary/aromatic N) is 4. The molecular formula is C25H28N4O5S. The van der Waals surface area contributed by atoms with Gasteiger partial charge in [-0.3, -0.25) is 4.79 Å². The number of ether oxygens (including phenoxy) is 1. The Kier molecular flexibility index (Phi) is 6.57. The number of fused-ring (bicyclic) bond motifs is 1. The first-order valence-electron chi connectivity index (χ1n) is 11.8. The molecule has 2 aliphatic rings. The summed E-state index contributed by atoms with van der Waals surface area (Å²) in [7, 11) is -3.58. The monoisotopic (exact) mass is 496 g/mol. The van der Waals surface area contributed by atoms with Gasteiger partial charge in [0.05, 0.1) is 4.90 Å². The van der Waals surface area contributed by atoms with Gasteiger partial charge in [0.1, 0.15) is 5.75 Å². The summed E-state index contributed by atoms with van der Waals surface area (Å²) in [6.45, 7) is 2.82. The second kappa shape index (κ2) is 9.79. The summed E-state index contributed by atoms with van der Waals surface area (Å²) < 4.78 is 38.5. The van der Waals surface area contributed by atoms with E-state index in [1.165, 1.54) is 9.87 Å². The highest BCUT2D eigenvalue weighted by Crippen LogP contribution is 2.26. The number of piperazine rings is 1. The first-order chi connectivity index (χ1) is 16.9. The third kappa shape index (κ3) is 5.08. The van der Waals surface area contributed by atoms with Gasteiger partial charge < -0.3 is 14.2 Å². The van der Waals surface area contributed by atoms with Crippen LogP contribution in [0.4, 0.5) is 0 Å². The molecule has 3 aromatic rings. The second-order valence-electron chi connectivity index (χ2n) is 8.87. The number of carbonyl (C=O) groups is 1. The zero-order chi connectivity index (χ0) is 24.4. The van der Waals surface area contributed by atoms with Gasteiger partial charge in [0.25, 0.3) is 5.91 Å². The minimum atomic E-state index is -3.58. The molecule has 2 aromatic carbocycles. The molecule has 1 aliphatic heterocycles. The van der Waals surface area contributed by atoms with Crippen LogP contribution in [0.5, 0.6) is 5.75 Å². The lowest BCUT2D eigenvalue weighted by Gasteiger charge is -2.34. The van der Waals surface area contributed by atoms with Crippen LogP contribution in [-0.2, 0) is 27.7 Å². The molecule has 1 amide bonds.